The molecule has 0 spiro atoms. The maximum Gasteiger partial charge on any atom is 0.203 e. The second-order valence-electron chi connectivity index (χ2n) is 5.41. The average Bonchev–Trinajstić information content (AvgIpc) is 2.44. The summed E-state index contributed by atoms with van der Waals surface area (Å²) >= 11 is 0. The van der Waals surface area contributed by atoms with E-state index in [0.717, 1.165) is 18.4 Å². The topological polar surface area (TPSA) is 53.7 Å². The summed E-state index contributed by atoms with van der Waals surface area (Å²) in [6, 6.07) is 4.10. The van der Waals surface area contributed by atoms with Gasteiger partial charge in [-0.3, -0.25) is 0 Å². The van der Waals surface area contributed by atoms with Crippen LogP contribution in [-0.2, 0) is 6.42 Å². The van der Waals surface area contributed by atoms with Gasteiger partial charge in [0.25, 0.3) is 0 Å². The van der Waals surface area contributed by atoms with Gasteiger partial charge in [0.2, 0.25) is 5.75 Å². The maximum absolute atomic E-state index is 6.01. The van der Waals surface area contributed by atoms with Gasteiger partial charge in [0.1, 0.15) is 0 Å². The zero-order valence-electron chi connectivity index (χ0n) is 13.2. The van der Waals surface area contributed by atoms with Crippen molar-refractivity contribution in [3.63, 3.8) is 0 Å². The molecule has 4 heteroatoms. The lowest BCUT2D eigenvalue weighted by molar-refractivity contribution is 0.243. The van der Waals surface area contributed by atoms with E-state index in [1.54, 1.807) is 14.2 Å². The molecule has 0 saturated carbocycles. The molecule has 0 amide bonds. The molecular formula is C16H27NO3. The molecule has 4 nitrogen and oxygen atoms in total. The van der Waals surface area contributed by atoms with Crippen LogP contribution >= 0.6 is 0 Å². The van der Waals surface area contributed by atoms with Gasteiger partial charge < -0.3 is 19.9 Å². The van der Waals surface area contributed by atoms with Crippen LogP contribution in [-0.4, -0.2) is 26.9 Å². The Labute approximate surface area is 122 Å². The highest BCUT2D eigenvalue weighted by Gasteiger charge is 2.15. The Morgan fingerprint density at radius 1 is 1.10 bits per heavy atom. The quantitative estimate of drug-likeness (QED) is 0.796. The summed E-state index contributed by atoms with van der Waals surface area (Å²) in [5.41, 5.74) is 7.11. The first-order chi connectivity index (χ1) is 9.51. The zero-order chi connectivity index (χ0) is 15.1. The number of hydrogen-bond donors (Lipinski definition) is 1. The van der Waals surface area contributed by atoms with Crippen LogP contribution < -0.4 is 19.9 Å². The first kappa shape index (κ1) is 16.6. The van der Waals surface area contributed by atoms with E-state index in [2.05, 4.69) is 20.8 Å². The van der Waals surface area contributed by atoms with Gasteiger partial charge in [0, 0.05) is 6.04 Å². The largest absolute Gasteiger partial charge is 0.493 e. The SMILES string of the molecule is CCC(N)Cc1cc(OC)c(OCC(C)C)c(OC)c1. The molecule has 1 atom stereocenters. The number of hydrogen-bond acceptors (Lipinski definition) is 4. The predicted molar refractivity (Wildman–Crippen MR) is 81.8 cm³/mol. The van der Waals surface area contributed by atoms with Gasteiger partial charge >= 0.3 is 0 Å². The second kappa shape index (κ2) is 8.00. The van der Waals surface area contributed by atoms with Crippen molar-refractivity contribution in [3.8, 4) is 17.2 Å². The third kappa shape index (κ3) is 4.60. The molecule has 0 aliphatic carbocycles. The number of rotatable bonds is 8. The fourth-order valence-electron chi connectivity index (χ4n) is 1.89. The van der Waals surface area contributed by atoms with Gasteiger partial charge in [0.15, 0.2) is 11.5 Å². The third-order valence-corrected chi connectivity index (χ3v) is 3.10. The number of methoxy groups -OCH3 is 2. The highest BCUT2D eigenvalue weighted by atomic mass is 16.5. The van der Waals surface area contributed by atoms with Crippen molar-refractivity contribution in [1.82, 2.24) is 0 Å². The summed E-state index contributed by atoms with van der Waals surface area (Å²) in [7, 11) is 3.28. The molecule has 2 N–H and O–H groups in total. The fourth-order valence-corrected chi connectivity index (χ4v) is 1.89. The van der Waals surface area contributed by atoms with Crippen LogP contribution in [0.2, 0.25) is 0 Å². The molecule has 0 aliphatic rings. The Kier molecular flexibility index (Phi) is 6.65. The van der Waals surface area contributed by atoms with E-state index in [0.29, 0.717) is 29.8 Å². The molecule has 1 unspecified atom stereocenters. The molecule has 0 aromatic heterocycles. The van der Waals surface area contributed by atoms with Crippen LogP contribution in [0.15, 0.2) is 12.1 Å². The van der Waals surface area contributed by atoms with Crippen LogP contribution in [0.3, 0.4) is 0 Å². The van der Waals surface area contributed by atoms with Gasteiger partial charge in [-0.1, -0.05) is 20.8 Å². The molecule has 0 radical (unpaired) electrons. The van der Waals surface area contributed by atoms with E-state index in [4.69, 9.17) is 19.9 Å². The number of nitrogens with two attached hydrogens (primary N) is 1. The lowest BCUT2D eigenvalue weighted by Gasteiger charge is -2.18. The fraction of sp³-hybridized carbons (Fsp3) is 0.625. The molecule has 0 bridgehead atoms. The van der Waals surface area contributed by atoms with Crippen molar-refractivity contribution >= 4 is 0 Å². The Morgan fingerprint density at radius 2 is 1.65 bits per heavy atom. The molecule has 0 fully saturated rings. The maximum atomic E-state index is 6.01. The van der Waals surface area contributed by atoms with Crippen LogP contribution in [0.5, 0.6) is 17.2 Å². The number of benzene rings is 1. The minimum absolute atomic E-state index is 0.145. The molecule has 1 rings (SSSR count). The van der Waals surface area contributed by atoms with Gasteiger partial charge in [-0.2, -0.15) is 0 Å². The smallest absolute Gasteiger partial charge is 0.203 e. The van der Waals surface area contributed by atoms with Crippen molar-refractivity contribution < 1.29 is 14.2 Å². The van der Waals surface area contributed by atoms with Crippen LogP contribution in [0, 0.1) is 5.92 Å². The zero-order valence-corrected chi connectivity index (χ0v) is 13.2. The number of ether oxygens (including phenoxy) is 3. The van der Waals surface area contributed by atoms with Crippen molar-refractivity contribution in [1.29, 1.82) is 0 Å². The molecule has 1 aromatic carbocycles. The highest BCUT2D eigenvalue weighted by Crippen LogP contribution is 2.39. The Bertz CT molecular complexity index is 393. The van der Waals surface area contributed by atoms with E-state index in [9.17, 15) is 0 Å². The van der Waals surface area contributed by atoms with Crippen molar-refractivity contribution in [2.45, 2.75) is 39.7 Å². The Balaban J connectivity index is 3.04. The summed E-state index contributed by atoms with van der Waals surface area (Å²) in [4.78, 5) is 0. The van der Waals surface area contributed by atoms with Gasteiger partial charge in [-0.25, -0.2) is 0 Å². The molecule has 1 aromatic rings. The summed E-state index contributed by atoms with van der Waals surface area (Å²) in [5, 5.41) is 0. The second-order valence-corrected chi connectivity index (χ2v) is 5.41. The van der Waals surface area contributed by atoms with Crippen LogP contribution in [0.25, 0.3) is 0 Å². The van der Waals surface area contributed by atoms with Gasteiger partial charge in [0.05, 0.1) is 20.8 Å². The molecule has 0 aliphatic heterocycles. The average molecular weight is 281 g/mol. The summed E-state index contributed by atoms with van der Waals surface area (Å²) in [6.45, 7) is 6.92. The molecule has 114 valence electrons. The molecule has 0 heterocycles. The first-order valence-corrected chi connectivity index (χ1v) is 7.15. The monoisotopic (exact) mass is 281 g/mol. The summed E-state index contributed by atoms with van der Waals surface area (Å²) in [6.07, 6.45) is 1.74. The standard InChI is InChI=1S/C16H27NO3/c1-6-13(17)7-12-8-14(18-4)16(15(9-12)19-5)20-10-11(2)3/h8-9,11,13H,6-7,10,17H2,1-5H3. The highest BCUT2D eigenvalue weighted by molar-refractivity contribution is 5.54. The minimum Gasteiger partial charge on any atom is -0.493 e. The molecular weight excluding hydrogens is 254 g/mol. The lowest BCUT2D eigenvalue weighted by atomic mass is 10.0. The predicted octanol–water partition coefficient (Wildman–Crippen LogP) is 3.02. The van der Waals surface area contributed by atoms with Crippen LogP contribution in [0.1, 0.15) is 32.8 Å². The van der Waals surface area contributed by atoms with Crippen molar-refractivity contribution in [2.24, 2.45) is 11.7 Å². The van der Waals surface area contributed by atoms with Crippen molar-refractivity contribution in [3.05, 3.63) is 17.7 Å². The summed E-state index contributed by atoms with van der Waals surface area (Å²) in [5.74, 6) is 2.50. The Hall–Kier alpha value is -1.42. The van der Waals surface area contributed by atoms with Crippen molar-refractivity contribution in [2.75, 3.05) is 20.8 Å². The van der Waals surface area contributed by atoms with E-state index >= 15 is 0 Å². The summed E-state index contributed by atoms with van der Waals surface area (Å²) < 4.78 is 16.7. The van der Waals surface area contributed by atoms with E-state index in [1.165, 1.54) is 0 Å². The first-order valence-electron chi connectivity index (χ1n) is 7.15. The molecule has 0 saturated heterocycles. The van der Waals surface area contributed by atoms with E-state index in [1.807, 2.05) is 12.1 Å². The molecule has 20 heavy (non-hydrogen) atoms. The lowest BCUT2D eigenvalue weighted by Crippen LogP contribution is -2.21. The Morgan fingerprint density at radius 3 is 2.05 bits per heavy atom. The van der Waals surface area contributed by atoms with Gasteiger partial charge in [-0.05, 0) is 36.5 Å². The van der Waals surface area contributed by atoms with E-state index in [-0.39, 0.29) is 6.04 Å². The van der Waals surface area contributed by atoms with E-state index < -0.39 is 0 Å². The third-order valence-electron chi connectivity index (χ3n) is 3.10. The normalized spacial score (nSPS) is 12.3. The minimum atomic E-state index is 0.145. The van der Waals surface area contributed by atoms with Gasteiger partial charge in [-0.15, -0.1) is 0 Å². The van der Waals surface area contributed by atoms with Crippen LogP contribution in [0.4, 0.5) is 0 Å².